The summed E-state index contributed by atoms with van der Waals surface area (Å²) in [5, 5.41) is 3.33. The Bertz CT molecular complexity index is 549. The van der Waals surface area contributed by atoms with Gasteiger partial charge in [0.15, 0.2) is 0 Å². The van der Waals surface area contributed by atoms with Crippen molar-refractivity contribution >= 4 is 15.9 Å². The van der Waals surface area contributed by atoms with Crippen LogP contribution in [0.15, 0.2) is 47.2 Å². The molecule has 112 valence electrons. The van der Waals surface area contributed by atoms with Gasteiger partial charge < -0.3 is 14.8 Å². The Morgan fingerprint density at radius 3 is 2.95 bits per heavy atom. The average Bonchev–Trinajstić information content (AvgIpc) is 2.52. The normalized spacial score (nSPS) is 10.6. The van der Waals surface area contributed by atoms with Crippen LogP contribution in [0.5, 0.6) is 5.75 Å². The number of rotatable bonds is 8. The van der Waals surface area contributed by atoms with E-state index in [4.69, 9.17) is 9.47 Å². The molecular weight excluding hydrogens is 332 g/mol. The molecule has 0 aliphatic rings. The number of hydrogen-bond donors (Lipinski definition) is 1. The van der Waals surface area contributed by atoms with E-state index < -0.39 is 0 Å². The maximum atomic E-state index is 5.90. The highest BCUT2D eigenvalue weighted by Crippen LogP contribution is 2.24. The van der Waals surface area contributed by atoms with E-state index in [2.05, 4.69) is 32.3 Å². The number of hydrogen-bond acceptors (Lipinski definition) is 4. The van der Waals surface area contributed by atoms with Gasteiger partial charge in [0.05, 0.1) is 6.61 Å². The summed E-state index contributed by atoms with van der Waals surface area (Å²) in [5.41, 5.74) is 2.17. The van der Waals surface area contributed by atoms with E-state index in [9.17, 15) is 0 Å². The van der Waals surface area contributed by atoms with Crippen LogP contribution in [0.1, 0.15) is 11.1 Å². The van der Waals surface area contributed by atoms with Gasteiger partial charge in [0, 0.05) is 48.2 Å². The largest absolute Gasteiger partial charge is 0.489 e. The molecule has 0 fully saturated rings. The van der Waals surface area contributed by atoms with Gasteiger partial charge >= 0.3 is 0 Å². The lowest BCUT2D eigenvalue weighted by atomic mass is 10.2. The van der Waals surface area contributed by atoms with E-state index in [-0.39, 0.29) is 0 Å². The number of halogens is 1. The van der Waals surface area contributed by atoms with Crippen LogP contribution in [0.4, 0.5) is 0 Å². The number of nitrogens with zero attached hydrogens (tertiary/aromatic N) is 1. The fourth-order valence-corrected chi connectivity index (χ4v) is 2.28. The number of methoxy groups -OCH3 is 1. The molecule has 0 unspecified atom stereocenters. The highest BCUT2D eigenvalue weighted by atomic mass is 79.9. The van der Waals surface area contributed by atoms with Crippen molar-refractivity contribution in [2.75, 3.05) is 20.3 Å². The fourth-order valence-electron chi connectivity index (χ4n) is 1.87. The fraction of sp³-hybridized carbons (Fsp3) is 0.312. The van der Waals surface area contributed by atoms with Crippen LogP contribution in [0.25, 0.3) is 0 Å². The maximum Gasteiger partial charge on any atom is 0.124 e. The first-order chi connectivity index (χ1) is 10.3. The minimum Gasteiger partial charge on any atom is -0.489 e. The first-order valence-electron chi connectivity index (χ1n) is 6.79. The molecule has 0 saturated heterocycles. The molecule has 0 bridgehead atoms. The second kappa shape index (κ2) is 8.77. The van der Waals surface area contributed by atoms with Crippen LogP contribution in [0.2, 0.25) is 0 Å². The minimum absolute atomic E-state index is 0.514. The maximum absolute atomic E-state index is 5.90. The van der Waals surface area contributed by atoms with E-state index in [1.54, 1.807) is 13.3 Å². The first-order valence-corrected chi connectivity index (χ1v) is 7.58. The van der Waals surface area contributed by atoms with Gasteiger partial charge in [-0.1, -0.05) is 22.0 Å². The van der Waals surface area contributed by atoms with Crippen molar-refractivity contribution < 1.29 is 9.47 Å². The van der Waals surface area contributed by atoms with E-state index in [1.807, 2.05) is 30.5 Å². The van der Waals surface area contributed by atoms with Gasteiger partial charge in [-0.2, -0.15) is 0 Å². The van der Waals surface area contributed by atoms with Crippen LogP contribution >= 0.6 is 15.9 Å². The zero-order valence-corrected chi connectivity index (χ0v) is 13.6. The molecule has 2 aromatic rings. The molecule has 4 nitrogen and oxygen atoms in total. The van der Waals surface area contributed by atoms with Crippen LogP contribution < -0.4 is 10.1 Å². The van der Waals surface area contributed by atoms with Crippen molar-refractivity contribution in [3.63, 3.8) is 0 Å². The predicted octanol–water partition coefficient (Wildman–Crippen LogP) is 3.16. The minimum atomic E-state index is 0.514. The Hall–Kier alpha value is -1.43. The molecule has 1 N–H and O–H groups in total. The van der Waals surface area contributed by atoms with E-state index >= 15 is 0 Å². The third-order valence-electron chi connectivity index (χ3n) is 2.94. The highest BCUT2D eigenvalue weighted by molar-refractivity contribution is 9.10. The number of aromatic nitrogens is 1. The van der Waals surface area contributed by atoms with Gasteiger partial charge in [-0.25, -0.2) is 0 Å². The number of pyridine rings is 1. The Labute approximate surface area is 133 Å². The number of nitrogens with one attached hydrogen (secondary N) is 1. The van der Waals surface area contributed by atoms with Gasteiger partial charge in [-0.3, -0.25) is 4.98 Å². The number of ether oxygens (including phenoxy) is 2. The molecule has 1 heterocycles. The lowest BCUT2D eigenvalue weighted by molar-refractivity contribution is 0.199. The topological polar surface area (TPSA) is 43.4 Å². The van der Waals surface area contributed by atoms with Gasteiger partial charge in [0.25, 0.3) is 0 Å². The lowest BCUT2D eigenvalue weighted by Crippen LogP contribution is -2.19. The summed E-state index contributed by atoms with van der Waals surface area (Å²) < 4.78 is 12.0. The monoisotopic (exact) mass is 350 g/mol. The molecule has 0 spiro atoms. The summed E-state index contributed by atoms with van der Waals surface area (Å²) in [6.45, 7) is 2.76. The van der Waals surface area contributed by atoms with Gasteiger partial charge in [-0.05, 0) is 24.3 Å². The molecule has 2 rings (SSSR count). The molecular formula is C16H19BrN2O2. The van der Waals surface area contributed by atoms with E-state index in [0.29, 0.717) is 13.2 Å². The Morgan fingerprint density at radius 2 is 2.19 bits per heavy atom. The summed E-state index contributed by atoms with van der Waals surface area (Å²) in [6.07, 6.45) is 3.57. The average molecular weight is 351 g/mol. The molecule has 0 radical (unpaired) electrons. The van der Waals surface area contributed by atoms with Crippen molar-refractivity contribution in [1.82, 2.24) is 10.3 Å². The Morgan fingerprint density at radius 1 is 1.29 bits per heavy atom. The standard InChI is InChI=1S/C16H19BrN2O2/c1-20-8-7-19-11-14-9-15(17)4-5-16(14)21-12-13-3-2-6-18-10-13/h2-6,9-10,19H,7-8,11-12H2,1H3. The van der Waals surface area contributed by atoms with Crippen LogP contribution in [-0.4, -0.2) is 25.2 Å². The van der Waals surface area contributed by atoms with E-state index in [0.717, 1.165) is 34.4 Å². The van der Waals surface area contributed by atoms with Gasteiger partial charge in [-0.15, -0.1) is 0 Å². The van der Waals surface area contributed by atoms with Crippen LogP contribution in [0.3, 0.4) is 0 Å². The van der Waals surface area contributed by atoms with Crippen molar-refractivity contribution in [3.8, 4) is 5.75 Å². The first kappa shape index (κ1) is 15.9. The summed E-state index contributed by atoms with van der Waals surface area (Å²) in [4.78, 5) is 4.09. The Kier molecular flexibility index (Phi) is 6.66. The zero-order valence-electron chi connectivity index (χ0n) is 12.0. The molecule has 0 atom stereocenters. The van der Waals surface area contributed by atoms with Crippen LogP contribution in [0, 0.1) is 0 Å². The Balaban J connectivity index is 1.97. The molecule has 0 amide bonds. The summed E-state index contributed by atoms with van der Waals surface area (Å²) in [5.74, 6) is 0.881. The van der Waals surface area contributed by atoms with Crippen molar-refractivity contribution in [2.24, 2.45) is 0 Å². The molecule has 0 aliphatic heterocycles. The smallest absolute Gasteiger partial charge is 0.124 e. The number of benzene rings is 1. The SMILES string of the molecule is COCCNCc1cc(Br)ccc1OCc1cccnc1. The quantitative estimate of drug-likeness (QED) is 0.742. The second-order valence-corrected chi connectivity index (χ2v) is 5.49. The van der Waals surface area contributed by atoms with Crippen LogP contribution in [-0.2, 0) is 17.9 Å². The highest BCUT2D eigenvalue weighted by Gasteiger charge is 2.05. The summed E-state index contributed by atoms with van der Waals surface area (Å²) >= 11 is 3.50. The third-order valence-corrected chi connectivity index (χ3v) is 3.43. The molecule has 5 heteroatoms. The van der Waals surface area contributed by atoms with Crippen molar-refractivity contribution in [3.05, 3.63) is 58.3 Å². The molecule has 0 saturated carbocycles. The third kappa shape index (κ3) is 5.46. The molecule has 1 aromatic heterocycles. The van der Waals surface area contributed by atoms with E-state index in [1.165, 1.54) is 0 Å². The predicted molar refractivity (Wildman–Crippen MR) is 86.3 cm³/mol. The summed E-state index contributed by atoms with van der Waals surface area (Å²) in [7, 11) is 1.70. The molecule has 0 aliphatic carbocycles. The molecule has 1 aromatic carbocycles. The van der Waals surface area contributed by atoms with Gasteiger partial charge in [0.2, 0.25) is 0 Å². The van der Waals surface area contributed by atoms with Gasteiger partial charge in [0.1, 0.15) is 12.4 Å². The zero-order chi connectivity index (χ0) is 14.9. The summed E-state index contributed by atoms with van der Waals surface area (Å²) in [6, 6.07) is 9.94. The second-order valence-electron chi connectivity index (χ2n) is 4.57. The molecule has 21 heavy (non-hydrogen) atoms. The lowest BCUT2D eigenvalue weighted by Gasteiger charge is -2.13. The van der Waals surface area contributed by atoms with Crippen molar-refractivity contribution in [1.29, 1.82) is 0 Å². The van der Waals surface area contributed by atoms with Crippen molar-refractivity contribution in [2.45, 2.75) is 13.2 Å².